The molecule has 1 aromatic carbocycles. The van der Waals surface area contributed by atoms with Gasteiger partial charge in [-0.15, -0.1) is 0 Å². The van der Waals surface area contributed by atoms with E-state index in [-0.39, 0.29) is 18.4 Å². The number of likely N-dealkylation sites (N-methyl/N-ethyl adjacent to an activating group) is 1. The van der Waals surface area contributed by atoms with E-state index in [1.807, 2.05) is 0 Å². The summed E-state index contributed by atoms with van der Waals surface area (Å²) < 4.78 is 0. The van der Waals surface area contributed by atoms with Crippen molar-refractivity contribution in [2.24, 2.45) is 16.3 Å². The quantitative estimate of drug-likeness (QED) is 0.214. The van der Waals surface area contributed by atoms with Crippen LogP contribution in [0.5, 0.6) is 0 Å². The van der Waals surface area contributed by atoms with E-state index in [1.165, 1.54) is 11.1 Å². The Bertz CT molecular complexity index is 1140. The topological polar surface area (TPSA) is 112 Å². The molecule has 1 saturated carbocycles. The molecular weight excluding hydrogens is 528 g/mol. The maximum Gasteiger partial charge on any atom is 0.305 e. The molecule has 0 spiro atoms. The number of aliphatic carboxylic acids is 1. The Balaban J connectivity index is 0.000000611. The van der Waals surface area contributed by atoms with Crippen molar-refractivity contribution in [1.29, 1.82) is 0 Å². The van der Waals surface area contributed by atoms with E-state index in [9.17, 15) is 14.4 Å². The number of carbonyl (C=O) groups excluding carboxylic acids is 2. The fraction of sp³-hybridized carbons (Fsp3) is 0.516. The van der Waals surface area contributed by atoms with Crippen LogP contribution < -0.4 is 5.32 Å². The number of pyridine rings is 1. The smallest absolute Gasteiger partial charge is 0.305 e. The second-order valence-corrected chi connectivity index (χ2v) is 11.9. The maximum atomic E-state index is 12.1. The fourth-order valence-electron chi connectivity index (χ4n) is 4.96. The third kappa shape index (κ3) is 10.5. The van der Waals surface area contributed by atoms with Crippen molar-refractivity contribution in [1.82, 2.24) is 15.2 Å². The van der Waals surface area contributed by atoms with E-state index >= 15 is 0 Å². The summed E-state index contributed by atoms with van der Waals surface area (Å²) in [7, 11) is 2.15. The summed E-state index contributed by atoms with van der Waals surface area (Å²) >= 11 is 6.14. The van der Waals surface area contributed by atoms with Crippen LogP contribution in [-0.2, 0) is 20.8 Å². The van der Waals surface area contributed by atoms with Gasteiger partial charge in [0.2, 0.25) is 6.41 Å². The monoisotopic (exact) mass is 570 g/mol. The number of nitrogens with zero attached hydrogens (tertiary/aromatic N) is 3. The van der Waals surface area contributed by atoms with Crippen LogP contribution in [0.3, 0.4) is 0 Å². The highest BCUT2D eigenvalue weighted by molar-refractivity contribution is 6.37. The van der Waals surface area contributed by atoms with Gasteiger partial charge in [-0.25, -0.2) is 0 Å². The minimum atomic E-state index is -0.903. The van der Waals surface area contributed by atoms with Crippen LogP contribution in [0.4, 0.5) is 0 Å². The van der Waals surface area contributed by atoms with Crippen LogP contribution in [0, 0.1) is 18.3 Å². The number of halogens is 1. The van der Waals surface area contributed by atoms with Crippen molar-refractivity contribution in [2.75, 3.05) is 20.1 Å². The number of hydrogen-bond acceptors (Lipinski definition) is 6. The number of nitrogens with one attached hydrogen (secondary N) is 1. The van der Waals surface area contributed by atoms with Gasteiger partial charge in [0.15, 0.2) is 6.29 Å². The van der Waals surface area contributed by atoms with Gasteiger partial charge in [-0.2, -0.15) is 0 Å². The van der Waals surface area contributed by atoms with Crippen molar-refractivity contribution < 1.29 is 19.5 Å². The minimum Gasteiger partial charge on any atom is -0.481 e. The largest absolute Gasteiger partial charge is 0.481 e. The van der Waals surface area contributed by atoms with E-state index in [0.717, 1.165) is 44.9 Å². The molecule has 3 rings (SSSR count). The van der Waals surface area contributed by atoms with E-state index in [1.54, 1.807) is 18.5 Å². The number of amides is 1. The van der Waals surface area contributed by atoms with Crippen LogP contribution in [0.25, 0.3) is 0 Å². The summed E-state index contributed by atoms with van der Waals surface area (Å²) in [4.78, 5) is 42.9. The van der Waals surface area contributed by atoms with Gasteiger partial charge in [-0.3, -0.25) is 29.3 Å². The number of carboxylic acid groups (broad SMARTS) is 1. The first-order chi connectivity index (χ1) is 18.9. The molecule has 1 fully saturated rings. The Labute approximate surface area is 243 Å². The molecule has 1 aliphatic rings. The van der Waals surface area contributed by atoms with Crippen LogP contribution in [0.15, 0.2) is 47.7 Å². The molecule has 218 valence electrons. The Morgan fingerprint density at radius 2 is 1.85 bits per heavy atom. The maximum absolute atomic E-state index is 12.1. The summed E-state index contributed by atoms with van der Waals surface area (Å²) in [5, 5.41) is 10.7. The van der Waals surface area contributed by atoms with Crippen molar-refractivity contribution in [2.45, 2.75) is 71.9 Å². The predicted molar refractivity (Wildman–Crippen MR) is 160 cm³/mol. The summed E-state index contributed by atoms with van der Waals surface area (Å²) in [6.07, 6.45) is 9.57. The number of aldehydes is 1. The lowest BCUT2D eigenvalue weighted by atomic mass is 9.69. The summed E-state index contributed by atoms with van der Waals surface area (Å²) in [6, 6.07) is 10.5. The van der Waals surface area contributed by atoms with Gasteiger partial charge in [0.05, 0.1) is 11.4 Å². The van der Waals surface area contributed by atoms with Gasteiger partial charge in [0.1, 0.15) is 11.4 Å². The number of aromatic nitrogens is 1. The molecule has 0 saturated heterocycles. The van der Waals surface area contributed by atoms with Crippen molar-refractivity contribution in [3.05, 3.63) is 64.4 Å². The molecule has 1 amide bonds. The lowest BCUT2D eigenvalue weighted by molar-refractivity contribution is -0.136. The molecule has 0 aliphatic heterocycles. The zero-order chi connectivity index (χ0) is 29.8. The minimum absolute atomic E-state index is 0.0151. The predicted octanol–water partition coefficient (Wildman–Crippen LogP) is 5.35. The Morgan fingerprint density at radius 3 is 2.38 bits per heavy atom. The van der Waals surface area contributed by atoms with Gasteiger partial charge >= 0.3 is 5.97 Å². The first-order valence-corrected chi connectivity index (χ1v) is 14.1. The second-order valence-electron chi connectivity index (χ2n) is 11.5. The fourth-order valence-corrected chi connectivity index (χ4v) is 5.13. The molecule has 0 radical (unpaired) electrons. The summed E-state index contributed by atoms with van der Waals surface area (Å²) in [6.45, 7) is 10.2. The Kier molecular flexibility index (Phi) is 12.9. The van der Waals surface area contributed by atoms with Crippen molar-refractivity contribution in [3.8, 4) is 0 Å². The van der Waals surface area contributed by atoms with E-state index in [2.05, 4.69) is 74.2 Å². The molecule has 40 heavy (non-hydrogen) atoms. The number of carbonyl (C=O) groups is 3. The number of rotatable bonds is 11. The molecular formula is C31H43ClN4O4. The molecule has 1 aromatic heterocycles. The Morgan fingerprint density at radius 1 is 1.20 bits per heavy atom. The molecule has 0 bridgehead atoms. The molecule has 0 unspecified atom stereocenters. The van der Waals surface area contributed by atoms with E-state index in [0.29, 0.717) is 28.6 Å². The van der Waals surface area contributed by atoms with Crippen LogP contribution >= 0.6 is 11.6 Å². The average Bonchev–Trinajstić information content (AvgIpc) is 2.91. The van der Waals surface area contributed by atoms with Crippen molar-refractivity contribution in [3.63, 3.8) is 0 Å². The lowest BCUT2D eigenvalue weighted by Crippen LogP contribution is -2.50. The third-order valence-electron chi connectivity index (χ3n) is 7.59. The molecule has 2 N–H and O–H groups in total. The highest BCUT2D eigenvalue weighted by Crippen LogP contribution is 2.44. The van der Waals surface area contributed by atoms with Gasteiger partial charge in [0.25, 0.3) is 0 Å². The molecule has 9 heteroatoms. The molecule has 1 aliphatic carbocycles. The van der Waals surface area contributed by atoms with E-state index < -0.39 is 11.6 Å². The SMILES string of the molecule is Cc1ccc(CCN(C)C2(/N=C(\C=O)c3cncc(Cl)c3)CCC(C(C)(C)C)CC2)cc1.O=CNCCC(=O)O. The van der Waals surface area contributed by atoms with Gasteiger partial charge in [-0.05, 0) is 69.0 Å². The first kappa shape index (κ1) is 33.1. The molecule has 1 heterocycles. The third-order valence-corrected chi connectivity index (χ3v) is 7.79. The lowest BCUT2D eigenvalue weighted by Gasteiger charge is -2.46. The summed E-state index contributed by atoms with van der Waals surface area (Å²) in [5.74, 6) is -0.247. The Hall–Kier alpha value is -3.10. The summed E-state index contributed by atoms with van der Waals surface area (Å²) in [5.41, 5.74) is 3.58. The number of aliphatic imine (C=N–C) groups is 1. The van der Waals surface area contributed by atoms with Gasteiger partial charge < -0.3 is 10.4 Å². The number of carboxylic acids is 1. The zero-order valence-corrected chi connectivity index (χ0v) is 25.1. The highest BCUT2D eigenvalue weighted by Gasteiger charge is 2.41. The highest BCUT2D eigenvalue weighted by atomic mass is 35.5. The van der Waals surface area contributed by atoms with Crippen LogP contribution in [0.2, 0.25) is 5.02 Å². The standard InChI is InChI=1S/C27H36ClN3O.C4H7NO3/c1-20-6-8-21(9-7-20)12-15-31(5)27(13-10-23(11-14-27)26(2,3)4)30-25(19-32)22-16-24(28)18-29-17-22;6-3-5-2-1-4(7)8/h6-9,16-19,23H,10-15H2,1-5H3;3H,1-2H2,(H,5,6)(H,7,8)/b30-25+;. The molecule has 8 nitrogen and oxygen atoms in total. The first-order valence-electron chi connectivity index (χ1n) is 13.7. The van der Waals surface area contributed by atoms with Crippen molar-refractivity contribution >= 4 is 36.0 Å². The number of hydrogen-bond donors (Lipinski definition) is 2. The normalized spacial score (nSPS) is 19.4. The number of aryl methyl sites for hydroxylation is 1. The van der Waals surface area contributed by atoms with Gasteiger partial charge in [0, 0.05) is 31.0 Å². The van der Waals surface area contributed by atoms with E-state index in [4.69, 9.17) is 21.7 Å². The molecule has 2 aromatic rings. The average molecular weight is 571 g/mol. The zero-order valence-electron chi connectivity index (χ0n) is 24.3. The second kappa shape index (κ2) is 15.6. The molecule has 0 atom stereocenters. The number of benzene rings is 1. The van der Waals surface area contributed by atoms with Crippen LogP contribution in [0.1, 0.15) is 69.6 Å². The van der Waals surface area contributed by atoms with Crippen LogP contribution in [-0.4, -0.2) is 65.2 Å². The van der Waals surface area contributed by atoms with Gasteiger partial charge in [-0.1, -0.05) is 62.2 Å².